The van der Waals surface area contributed by atoms with Gasteiger partial charge in [-0.2, -0.15) is 0 Å². The zero-order valence-electron chi connectivity index (χ0n) is 17.7. The summed E-state index contributed by atoms with van der Waals surface area (Å²) < 4.78 is 0. The number of benzene rings is 2. The monoisotopic (exact) mass is 408 g/mol. The molecule has 2 aromatic rings. The Hall–Kier alpha value is -2.11. The Bertz CT molecular complexity index is 894. The predicted molar refractivity (Wildman–Crippen MR) is 127 cm³/mol. The molecule has 2 aliphatic rings. The lowest BCUT2D eigenvalue weighted by Gasteiger charge is -2.42. The first kappa shape index (κ1) is 20.2. The van der Waals surface area contributed by atoms with Gasteiger partial charge in [0.05, 0.1) is 11.4 Å². The van der Waals surface area contributed by atoms with Crippen molar-refractivity contribution in [2.45, 2.75) is 39.0 Å². The second-order valence-corrected chi connectivity index (χ2v) is 10.2. The summed E-state index contributed by atoms with van der Waals surface area (Å²) in [6, 6.07) is 17.2. The standard InChI is InChI=1S/C24H32N4S/c1-23(2,3)16-27-14-12-24(13-15-27)17-28(20-10-6-4-8-18(20)24)21-11-7-5-9-19(21)26-22(25)29/h4-11H,12-17H2,1-3H3,(H3,25,26,29). The summed E-state index contributed by atoms with van der Waals surface area (Å²) in [5.74, 6) is 0. The number of nitrogens with one attached hydrogen (secondary N) is 1. The number of hydrogen-bond donors (Lipinski definition) is 2. The molecule has 154 valence electrons. The highest BCUT2D eigenvalue weighted by Crippen LogP contribution is 2.50. The summed E-state index contributed by atoms with van der Waals surface area (Å²) in [6.07, 6.45) is 2.39. The van der Waals surface area contributed by atoms with Gasteiger partial charge in [0.25, 0.3) is 0 Å². The average molecular weight is 409 g/mol. The second kappa shape index (κ2) is 7.62. The van der Waals surface area contributed by atoms with E-state index in [1.807, 2.05) is 12.1 Å². The first-order valence-electron chi connectivity index (χ1n) is 10.5. The Morgan fingerprint density at radius 1 is 1.03 bits per heavy atom. The van der Waals surface area contributed by atoms with Gasteiger partial charge in [-0.05, 0) is 67.3 Å². The van der Waals surface area contributed by atoms with Gasteiger partial charge in [0, 0.05) is 24.2 Å². The highest BCUT2D eigenvalue weighted by Gasteiger charge is 2.45. The van der Waals surface area contributed by atoms with E-state index in [4.69, 9.17) is 18.0 Å². The molecule has 0 atom stereocenters. The van der Waals surface area contributed by atoms with Gasteiger partial charge in [-0.3, -0.25) is 0 Å². The fraction of sp³-hybridized carbons (Fsp3) is 0.458. The van der Waals surface area contributed by atoms with Gasteiger partial charge in [0.1, 0.15) is 0 Å². The number of anilines is 3. The van der Waals surface area contributed by atoms with E-state index in [0.717, 1.165) is 37.6 Å². The maximum absolute atomic E-state index is 5.78. The first-order valence-corrected chi connectivity index (χ1v) is 10.9. The number of rotatable bonds is 3. The third-order valence-electron chi connectivity index (χ3n) is 6.19. The van der Waals surface area contributed by atoms with Crippen molar-refractivity contribution in [1.82, 2.24) is 4.90 Å². The van der Waals surface area contributed by atoms with Crippen LogP contribution in [0.3, 0.4) is 0 Å². The van der Waals surface area contributed by atoms with Crippen LogP contribution < -0.4 is 16.0 Å². The number of nitrogens with zero attached hydrogens (tertiary/aromatic N) is 2. The van der Waals surface area contributed by atoms with Crippen molar-refractivity contribution < 1.29 is 0 Å². The number of para-hydroxylation sites is 3. The smallest absolute Gasteiger partial charge is 0.168 e. The Morgan fingerprint density at radius 3 is 2.31 bits per heavy atom. The zero-order valence-corrected chi connectivity index (χ0v) is 18.6. The molecule has 5 heteroatoms. The topological polar surface area (TPSA) is 44.5 Å². The molecule has 0 aliphatic carbocycles. The average Bonchev–Trinajstić information content (AvgIpc) is 2.97. The van der Waals surface area contributed by atoms with Crippen LogP contribution in [0.1, 0.15) is 39.2 Å². The van der Waals surface area contributed by atoms with Gasteiger partial charge in [-0.25, -0.2) is 0 Å². The SMILES string of the molecule is CC(C)(C)CN1CCC2(CC1)CN(c1ccccc1NC(N)=S)c1ccccc12. The summed E-state index contributed by atoms with van der Waals surface area (Å²) >= 11 is 5.11. The molecule has 4 nitrogen and oxygen atoms in total. The molecular formula is C24H32N4S. The van der Waals surface area contributed by atoms with Crippen LogP contribution in [0.4, 0.5) is 17.1 Å². The summed E-state index contributed by atoms with van der Waals surface area (Å²) in [5, 5.41) is 3.47. The molecular weight excluding hydrogens is 376 g/mol. The number of likely N-dealkylation sites (tertiary alicyclic amines) is 1. The third kappa shape index (κ3) is 4.12. The minimum Gasteiger partial charge on any atom is -0.376 e. The number of fused-ring (bicyclic) bond motifs is 2. The van der Waals surface area contributed by atoms with Crippen molar-refractivity contribution in [2.75, 3.05) is 36.4 Å². The van der Waals surface area contributed by atoms with E-state index in [9.17, 15) is 0 Å². The lowest BCUT2D eigenvalue weighted by molar-refractivity contribution is 0.125. The van der Waals surface area contributed by atoms with E-state index in [2.05, 4.69) is 72.3 Å². The largest absolute Gasteiger partial charge is 0.376 e. The second-order valence-electron chi connectivity index (χ2n) is 9.73. The van der Waals surface area contributed by atoms with Gasteiger partial charge in [0.2, 0.25) is 0 Å². The maximum Gasteiger partial charge on any atom is 0.168 e. The maximum atomic E-state index is 5.78. The van der Waals surface area contributed by atoms with Crippen molar-refractivity contribution in [1.29, 1.82) is 0 Å². The highest BCUT2D eigenvalue weighted by molar-refractivity contribution is 7.80. The molecule has 0 saturated carbocycles. The van der Waals surface area contributed by atoms with E-state index >= 15 is 0 Å². The van der Waals surface area contributed by atoms with Crippen molar-refractivity contribution in [3.63, 3.8) is 0 Å². The normalized spacial score (nSPS) is 18.7. The molecule has 0 radical (unpaired) electrons. The van der Waals surface area contributed by atoms with Crippen molar-refractivity contribution in [3.8, 4) is 0 Å². The van der Waals surface area contributed by atoms with Gasteiger partial charge >= 0.3 is 0 Å². The quantitative estimate of drug-likeness (QED) is 0.709. The molecule has 1 fully saturated rings. The summed E-state index contributed by atoms with van der Waals surface area (Å²) in [5.41, 5.74) is 11.2. The minimum atomic E-state index is 0.210. The number of piperidine rings is 1. The molecule has 0 unspecified atom stereocenters. The van der Waals surface area contributed by atoms with E-state index in [-0.39, 0.29) is 5.41 Å². The molecule has 29 heavy (non-hydrogen) atoms. The van der Waals surface area contributed by atoms with Crippen molar-refractivity contribution in [3.05, 3.63) is 54.1 Å². The Labute approximate surface area is 180 Å². The molecule has 1 spiro atoms. The predicted octanol–water partition coefficient (Wildman–Crippen LogP) is 4.87. The Morgan fingerprint density at radius 2 is 1.66 bits per heavy atom. The summed E-state index contributed by atoms with van der Waals surface area (Å²) in [4.78, 5) is 5.09. The first-order chi connectivity index (χ1) is 13.8. The Kier molecular flexibility index (Phi) is 5.30. The molecule has 2 aliphatic heterocycles. The number of hydrogen-bond acceptors (Lipinski definition) is 3. The van der Waals surface area contributed by atoms with Crippen LogP contribution in [-0.2, 0) is 5.41 Å². The van der Waals surface area contributed by atoms with Crippen LogP contribution in [0.25, 0.3) is 0 Å². The van der Waals surface area contributed by atoms with Crippen LogP contribution in [0, 0.1) is 5.41 Å². The Balaban J connectivity index is 1.64. The van der Waals surface area contributed by atoms with E-state index in [1.165, 1.54) is 24.1 Å². The number of thiocarbonyl (C=S) groups is 1. The lowest BCUT2D eigenvalue weighted by Crippen LogP contribution is -2.46. The zero-order chi connectivity index (χ0) is 20.6. The van der Waals surface area contributed by atoms with E-state index in [0.29, 0.717) is 10.5 Å². The summed E-state index contributed by atoms with van der Waals surface area (Å²) in [6.45, 7) is 11.5. The van der Waals surface area contributed by atoms with Gasteiger partial charge in [0.15, 0.2) is 5.11 Å². The van der Waals surface area contributed by atoms with Crippen LogP contribution in [0.2, 0.25) is 0 Å². The molecule has 1 saturated heterocycles. The van der Waals surface area contributed by atoms with Crippen LogP contribution in [0.15, 0.2) is 48.5 Å². The molecule has 0 aromatic heterocycles. The molecule has 2 aromatic carbocycles. The fourth-order valence-corrected chi connectivity index (χ4v) is 5.14. The van der Waals surface area contributed by atoms with Gasteiger partial charge in [-0.15, -0.1) is 0 Å². The minimum absolute atomic E-state index is 0.210. The molecule has 0 amide bonds. The highest BCUT2D eigenvalue weighted by atomic mass is 32.1. The van der Waals surface area contributed by atoms with Crippen molar-refractivity contribution >= 4 is 34.4 Å². The lowest BCUT2D eigenvalue weighted by atomic mass is 9.74. The van der Waals surface area contributed by atoms with Crippen LogP contribution >= 0.6 is 12.2 Å². The van der Waals surface area contributed by atoms with E-state index in [1.54, 1.807) is 0 Å². The molecule has 2 heterocycles. The van der Waals surface area contributed by atoms with Crippen LogP contribution in [-0.4, -0.2) is 36.2 Å². The van der Waals surface area contributed by atoms with E-state index < -0.39 is 0 Å². The van der Waals surface area contributed by atoms with Gasteiger partial charge in [-0.1, -0.05) is 51.1 Å². The summed E-state index contributed by atoms with van der Waals surface area (Å²) in [7, 11) is 0. The third-order valence-corrected chi connectivity index (χ3v) is 6.29. The molecule has 4 rings (SSSR count). The number of nitrogens with two attached hydrogens (primary N) is 1. The van der Waals surface area contributed by atoms with Crippen LogP contribution in [0.5, 0.6) is 0 Å². The van der Waals surface area contributed by atoms with Gasteiger partial charge < -0.3 is 20.9 Å². The molecule has 3 N–H and O–H groups in total. The fourth-order valence-electron chi connectivity index (χ4n) is 5.03. The van der Waals surface area contributed by atoms with Crippen molar-refractivity contribution in [2.24, 2.45) is 11.1 Å². The molecule has 0 bridgehead atoms.